The first kappa shape index (κ1) is 18.4. The van der Waals surface area contributed by atoms with Crippen LogP contribution in [0.4, 0.5) is 5.69 Å². The molecular formula is C21H21N3O3. The van der Waals surface area contributed by atoms with Crippen molar-refractivity contribution in [3.8, 4) is 5.75 Å². The first-order valence-corrected chi connectivity index (χ1v) is 8.53. The molecule has 0 radical (unpaired) electrons. The molecule has 1 heterocycles. The number of methoxy groups -OCH3 is 1. The van der Waals surface area contributed by atoms with Crippen LogP contribution in [0.1, 0.15) is 27.3 Å². The quantitative estimate of drug-likeness (QED) is 0.683. The van der Waals surface area contributed by atoms with Crippen molar-refractivity contribution < 1.29 is 14.3 Å². The topological polar surface area (TPSA) is 73.2 Å². The lowest BCUT2D eigenvalue weighted by Gasteiger charge is -2.10. The molecule has 0 saturated heterocycles. The molecule has 0 unspecified atom stereocenters. The van der Waals surface area contributed by atoms with Gasteiger partial charge in [0.25, 0.3) is 0 Å². The number of imidazole rings is 1. The smallest absolute Gasteiger partial charge is 0.228 e. The zero-order valence-corrected chi connectivity index (χ0v) is 15.5. The van der Waals surface area contributed by atoms with E-state index < -0.39 is 0 Å². The molecule has 6 nitrogen and oxygen atoms in total. The predicted molar refractivity (Wildman–Crippen MR) is 103 cm³/mol. The number of hydrogen-bond acceptors (Lipinski definition) is 4. The highest BCUT2D eigenvalue weighted by Gasteiger charge is 2.14. The molecule has 0 fully saturated rings. The van der Waals surface area contributed by atoms with Gasteiger partial charge in [-0.15, -0.1) is 0 Å². The molecule has 0 bridgehead atoms. The lowest BCUT2D eigenvalue weighted by Crippen LogP contribution is -2.15. The maximum atomic E-state index is 12.4. The van der Waals surface area contributed by atoms with Crippen molar-refractivity contribution >= 4 is 17.4 Å². The number of aromatic nitrogens is 2. The number of nitrogens with zero attached hydrogens (tertiary/aromatic N) is 2. The number of hydrogen-bond donors (Lipinski definition) is 1. The van der Waals surface area contributed by atoms with Gasteiger partial charge < -0.3 is 14.6 Å². The first-order chi connectivity index (χ1) is 13.0. The first-order valence-electron chi connectivity index (χ1n) is 8.53. The van der Waals surface area contributed by atoms with E-state index in [4.69, 9.17) is 4.74 Å². The van der Waals surface area contributed by atoms with Crippen LogP contribution < -0.4 is 10.1 Å². The largest absolute Gasteiger partial charge is 0.496 e. The summed E-state index contributed by atoms with van der Waals surface area (Å²) in [4.78, 5) is 28.9. The van der Waals surface area contributed by atoms with Crippen LogP contribution in [0.15, 0.2) is 54.9 Å². The van der Waals surface area contributed by atoms with Crippen molar-refractivity contribution in [3.05, 3.63) is 77.4 Å². The molecular weight excluding hydrogens is 342 g/mol. The number of carbonyl (C=O) groups is 2. The zero-order valence-electron chi connectivity index (χ0n) is 15.5. The van der Waals surface area contributed by atoms with Gasteiger partial charge in [0, 0.05) is 36.3 Å². The lowest BCUT2D eigenvalue weighted by atomic mass is 10.1. The summed E-state index contributed by atoms with van der Waals surface area (Å²) in [5.74, 6) is 0.747. The number of ether oxygens (including phenoxy) is 1. The van der Waals surface area contributed by atoms with Gasteiger partial charge in [-0.05, 0) is 37.3 Å². The van der Waals surface area contributed by atoms with Gasteiger partial charge in [-0.3, -0.25) is 9.59 Å². The molecule has 3 rings (SSSR count). The van der Waals surface area contributed by atoms with Gasteiger partial charge in [0.1, 0.15) is 5.75 Å². The molecule has 2 aromatic carbocycles. The summed E-state index contributed by atoms with van der Waals surface area (Å²) in [6, 6.07) is 12.5. The Morgan fingerprint density at radius 1 is 1.15 bits per heavy atom. The van der Waals surface area contributed by atoms with Gasteiger partial charge >= 0.3 is 0 Å². The minimum absolute atomic E-state index is 0.151. The standard InChI is InChI=1S/C21H21N3O3/c1-14-4-9-18(27-3)16(12-14)13-19(25)23-17-7-5-15(6-8-17)20(26)21-22-10-11-24(21)2/h4-12H,13H2,1-3H3,(H,23,25). The van der Waals surface area contributed by atoms with Crippen molar-refractivity contribution in [3.63, 3.8) is 0 Å². The Hall–Kier alpha value is -3.41. The normalized spacial score (nSPS) is 10.5. The lowest BCUT2D eigenvalue weighted by molar-refractivity contribution is -0.115. The Bertz CT molecular complexity index is 975. The molecule has 3 aromatic rings. The van der Waals surface area contributed by atoms with E-state index in [1.807, 2.05) is 25.1 Å². The van der Waals surface area contributed by atoms with Crippen LogP contribution in [-0.4, -0.2) is 28.4 Å². The zero-order chi connectivity index (χ0) is 19.4. The second-order valence-electron chi connectivity index (χ2n) is 6.31. The van der Waals surface area contributed by atoms with E-state index in [0.29, 0.717) is 22.8 Å². The number of rotatable bonds is 6. The molecule has 1 aromatic heterocycles. The molecule has 0 atom stereocenters. The number of aryl methyl sites for hydroxylation is 2. The predicted octanol–water partition coefficient (Wildman–Crippen LogP) is 3.15. The number of amides is 1. The second-order valence-corrected chi connectivity index (χ2v) is 6.31. The van der Waals surface area contributed by atoms with E-state index in [0.717, 1.165) is 11.1 Å². The van der Waals surface area contributed by atoms with E-state index in [-0.39, 0.29) is 18.1 Å². The number of anilines is 1. The van der Waals surface area contributed by atoms with E-state index in [1.54, 1.807) is 55.4 Å². The van der Waals surface area contributed by atoms with E-state index in [9.17, 15) is 9.59 Å². The molecule has 0 aliphatic heterocycles. The summed E-state index contributed by atoms with van der Waals surface area (Å²) < 4.78 is 6.99. The van der Waals surface area contributed by atoms with Gasteiger partial charge in [0.2, 0.25) is 11.7 Å². The summed E-state index contributed by atoms with van der Waals surface area (Å²) in [6.07, 6.45) is 3.52. The highest BCUT2D eigenvalue weighted by molar-refractivity contribution is 6.07. The molecule has 0 aliphatic carbocycles. The third-order valence-electron chi connectivity index (χ3n) is 4.24. The number of ketones is 1. The summed E-state index contributed by atoms with van der Waals surface area (Å²) in [6.45, 7) is 1.97. The number of carbonyl (C=O) groups excluding carboxylic acids is 2. The van der Waals surface area contributed by atoms with Crippen LogP contribution >= 0.6 is 0 Å². The van der Waals surface area contributed by atoms with Gasteiger partial charge in [-0.2, -0.15) is 0 Å². The Balaban J connectivity index is 1.68. The minimum Gasteiger partial charge on any atom is -0.496 e. The van der Waals surface area contributed by atoms with Crippen LogP contribution in [0.3, 0.4) is 0 Å². The highest BCUT2D eigenvalue weighted by atomic mass is 16.5. The van der Waals surface area contributed by atoms with E-state index >= 15 is 0 Å². The average Bonchev–Trinajstić information content (AvgIpc) is 3.08. The van der Waals surface area contributed by atoms with Gasteiger partial charge in [-0.25, -0.2) is 4.98 Å². The third kappa shape index (κ3) is 4.23. The Kier molecular flexibility index (Phi) is 5.35. The molecule has 138 valence electrons. The number of benzene rings is 2. The average molecular weight is 363 g/mol. The fourth-order valence-corrected chi connectivity index (χ4v) is 2.84. The van der Waals surface area contributed by atoms with Crippen molar-refractivity contribution in [1.29, 1.82) is 0 Å². The van der Waals surface area contributed by atoms with Gasteiger partial charge in [0.05, 0.1) is 13.5 Å². The molecule has 6 heteroatoms. The molecule has 1 N–H and O–H groups in total. The van der Waals surface area contributed by atoms with Crippen LogP contribution in [0.5, 0.6) is 5.75 Å². The van der Waals surface area contributed by atoms with Crippen molar-refractivity contribution in [2.24, 2.45) is 7.05 Å². The van der Waals surface area contributed by atoms with E-state index in [2.05, 4.69) is 10.3 Å². The fraction of sp³-hybridized carbons (Fsp3) is 0.190. The summed E-state index contributed by atoms with van der Waals surface area (Å²) in [7, 11) is 3.36. The van der Waals surface area contributed by atoms with Crippen molar-refractivity contribution in [1.82, 2.24) is 9.55 Å². The van der Waals surface area contributed by atoms with Crippen LogP contribution in [-0.2, 0) is 18.3 Å². The van der Waals surface area contributed by atoms with Crippen LogP contribution in [0.25, 0.3) is 0 Å². The Morgan fingerprint density at radius 3 is 2.52 bits per heavy atom. The molecule has 0 saturated carbocycles. The van der Waals surface area contributed by atoms with Gasteiger partial charge in [-0.1, -0.05) is 17.7 Å². The minimum atomic E-state index is -0.162. The molecule has 0 spiro atoms. The van der Waals surface area contributed by atoms with Gasteiger partial charge in [0.15, 0.2) is 5.82 Å². The van der Waals surface area contributed by atoms with Crippen molar-refractivity contribution in [2.45, 2.75) is 13.3 Å². The monoisotopic (exact) mass is 363 g/mol. The molecule has 1 amide bonds. The SMILES string of the molecule is COc1ccc(C)cc1CC(=O)Nc1ccc(C(=O)c2nccn2C)cc1. The Morgan fingerprint density at radius 2 is 1.89 bits per heavy atom. The van der Waals surface area contributed by atoms with E-state index in [1.165, 1.54) is 0 Å². The van der Waals surface area contributed by atoms with Crippen LogP contribution in [0, 0.1) is 6.92 Å². The fourth-order valence-electron chi connectivity index (χ4n) is 2.84. The molecule has 27 heavy (non-hydrogen) atoms. The second kappa shape index (κ2) is 7.86. The van der Waals surface area contributed by atoms with Crippen molar-refractivity contribution in [2.75, 3.05) is 12.4 Å². The molecule has 0 aliphatic rings. The Labute approximate surface area is 157 Å². The summed E-state index contributed by atoms with van der Waals surface area (Å²) >= 11 is 0. The maximum absolute atomic E-state index is 12.4. The summed E-state index contributed by atoms with van der Waals surface area (Å²) in [5, 5.41) is 2.85. The summed E-state index contributed by atoms with van der Waals surface area (Å²) in [5.41, 5.74) is 3.04. The highest BCUT2D eigenvalue weighted by Crippen LogP contribution is 2.21. The maximum Gasteiger partial charge on any atom is 0.228 e. The third-order valence-corrected chi connectivity index (χ3v) is 4.24. The number of nitrogens with one attached hydrogen (secondary N) is 1. The van der Waals surface area contributed by atoms with Crippen LogP contribution in [0.2, 0.25) is 0 Å².